The van der Waals surface area contributed by atoms with Gasteiger partial charge in [0, 0.05) is 36.3 Å². The fourth-order valence-electron chi connectivity index (χ4n) is 4.42. The van der Waals surface area contributed by atoms with Crippen molar-refractivity contribution in [2.24, 2.45) is 7.05 Å². The number of piperazine rings is 1. The molecule has 0 radical (unpaired) electrons. The van der Waals surface area contributed by atoms with Crippen molar-refractivity contribution in [3.05, 3.63) is 28.5 Å². The number of sulfonamides is 1. The third-order valence-electron chi connectivity index (χ3n) is 5.79. The van der Waals surface area contributed by atoms with Crippen LogP contribution < -0.4 is 10.1 Å². The van der Waals surface area contributed by atoms with Gasteiger partial charge in [-0.05, 0) is 45.3 Å². The predicted octanol–water partition coefficient (Wildman–Crippen LogP) is 3.41. The molecule has 1 aromatic carbocycles. The van der Waals surface area contributed by atoms with Gasteiger partial charge in [-0.25, -0.2) is 13.4 Å². The second-order valence-electron chi connectivity index (χ2n) is 8.59. The summed E-state index contributed by atoms with van der Waals surface area (Å²) < 4.78 is 74.6. The van der Waals surface area contributed by atoms with Crippen LogP contribution in [0, 0.1) is 4.64 Å². The van der Waals surface area contributed by atoms with Crippen molar-refractivity contribution >= 4 is 33.3 Å². The van der Waals surface area contributed by atoms with Gasteiger partial charge in [0.05, 0.1) is 31.0 Å². The quantitative estimate of drug-likeness (QED) is 0.470. The lowest BCUT2D eigenvalue weighted by atomic mass is 10.1. The molecule has 3 heterocycles. The van der Waals surface area contributed by atoms with E-state index in [1.165, 1.54) is 22.5 Å². The molecule has 1 aliphatic rings. The number of fused-ring (bicyclic) bond motifs is 1. The molecule has 1 fully saturated rings. The van der Waals surface area contributed by atoms with Gasteiger partial charge in [-0.1, -0.05) is 25.6 Å². The van der Waals surface area contributed by atoms with E-state index in [2.05, 4.69) is 20.4 Å². The van der Waals surface area contributed by atoms with Gasteiger partial charge in [-0.3, -0.25) is 4.68 Å². The third-order valence-corrected chi connectivity index (χ3v) is 7.91. The number of aromatic amines is 1. The number of ether oxygens (including phenoxy) is 1. The summed E-state index contributed by atoms with van der Waals surface area (Å²) in [7, 11) is -2.22. The van der Waals surface area contributed by atoms with E-state index in [0.717, 1.165) is 12.1 Å². The molecular formula is C23H32N6O3S2. The summed E-state index contributed by atoms with van der Waals surface area (Å²) in [4.78, 5) is 7.56. The topological polar surface area (TPSA) is 105 Å². The third kappa shape index (κ3) is 4.61. The minimum atomic E-state index is -3.96. The smallest absolute Gasteiger partial charge is 0.243 e. The molecule has 0 saturated carbocycles. The molecule has 0 bridgehead atoms. The first-order valence-electron chi connectivity index (χ1n) is 13.6. The van der Waals surface area contributed by atoms with E-state index in [4.69, 9.17) is 23.8 Å². The maximum absolute atomic E-state index is 13.7. The standard InChI is InChI=1S/C23H32N6O3S2/c1-6-8-18-20-21(28(5)27-18)23(33)26-22(25-20)17-11-16(9-10-19(17)32-7-2)34(30,31)29-12-14(3)24-15(4)13-29/h9-11,14-15,24H,6-8,12-13H2,1-5H3,(H,25,26,33)/t14-,15+/i2D3,7D2. The van der Waals surface area contributed by atoms with E-state index in [9.17, 15) is 8.42 Å². The van der Waals surface area contributed by atoms with Gasteiger partial charge in [-0.2, -0.15) is 9.40 Å². The van der Waals surface area contributed by atoms with Gasteiger partial charge in [0.1, 0.15) is 17.1 Å². The lowest BCUT2D eigenvalue weighted by Gasteiger charge is -2.35. The Labute approximate surface area is 212 Å². The monoisotopic (exact) mass is 509 g/mol. The minimum Gasteiger partial charge on any atom is -0.493 e. The van der Waals surface area contributed by atoms with Gasteiger partial charge in [-0.15, -0.1) is 0 Å². The van der Waals surface area contributed by atoms with E-state index >= 15 is 0 Å². The second kappa shape index (κ2) is 9.73. The Kier molecular flexibility index (Phi) is 5.41. The summed E-state index contributed by atoms with van der Waals surface area (Å²) in [5, 5.41) is 7.83. The average Bonchev–Trinajstić information content (AvgIpc) is 3.13. The van der Waals surface area contributed by atoms with Gasteiger partial charge in [0.25, 0.3) is 0 Å². The van der Waals surface area contributed by atoms with Crippen molar-refractivity contribution in [3.63, 3.8) is 0 Å². The van der Waals surface area contributed by atoms with Crippen LogP contribution in [0.15, 0.2) is 23.1 Å². The molecule has 11 heteroatoms. The predicted molar refractivity (Wildman–Crippen MR) is 135 cm³/mol. The van der Waals surface area contributed by atoms with Crippen LogP contribution >= 0.6 is 12.2 Å². The number of hydrogen-bond donors (Lipinski definition) is 2. The lowest BCUT2D eigenvalue weighted by Crippen LogP contribution is -2.55. The lowest BCUT2D eigenvalue weighted by molar-refractivity contribution is 0.263. The Morgan fingerprint density at radius 1 is 1.32 bits per heavy atom. The fourth-order valence-corrected chi connectivity index (χ4v) is 6.39. The van der Waals surface area contributed by atoms with Crippen LogP contribution in [0.5, 0.6) is 5.75 Å². The van der Waals surface area contributed by atoms with E-state index in [-0.39, 0.29) is 51.8 Å². The molecule has 4 rings (SSSR count). The molecule has 3 aromatic rings. The van der Waals surface area contributed by atoms with Crippen LogP contribution in [0.25, 0.3) is 22.4 Å². The summed E-state index contributed by atoms with van der Waals surface area (Å²) in [6.45, 7) is 0.177. The van der Waals surface area contributed by atoms with Crippen molar-refractivity contribution in [2.75, 3.05) is 19.6 Å². The number of benzene rings is 1. The molecular weight excluding hydrogens is 472 g/mol. The second-order valence-corrected chi connectivity index (χ2v) is 10.9. The Hall–Kier alpha value is -2.34. The van der Waals surface area contributed by atoms with Crippen molar-refractivity contribution < 1.29 is 20.0 Å². The fraction of sp³-hybridized carbons (Fsp3) is 0.522. The summed E-state index contributed by atoms with van der Waals surface area (Å²) in [6.07, 6.45) is 1.46. The highest BCUT2D eigenvalue weighted by atomic mass is 32.2. The molecule has 0 aliphatic carbocycles. The van der Waals surface area contributed by atoms with E-state index in [0.29, 0.717) is 17.5 Å². The van der Waals surface area contributed by atoms with Crippen LogP contribution in [0.3, 0.4) is 0 Å². The SMILES string of the molecule is [2H]C([2H])([2H])C([2H])([2H])Oc1ccc(S(=O)(=O)N2C[C@@H](C)N[C@@H](C)C2)cc1-c1nc(=S)c2c([nH]1)c(CCC)nn2C. The highest BCUT2D eigenvalue weighted by molar-refractivity contribution is 7.89. The molecule has 184 valence electrons. The normalized spacial score (nSPS) is 22.5. The summed E-state index contributed by atoms with van der Waals surface area (Å²) in [5.41, 5.74) is 1.99. The van der Waals surface area contributed by atoms with Crippen LogP contribution in [-0.2, 0) is 23.5 Å². The number of nitrogens with one attached hydrogen (secondary N) is 2. The Morgan fingerprint density at radius 2 is 2.06 bits per heavy atom. The summed E-state index contributed by atoms with van der Waals surface area (Å²) >= 11 is 5.54. The number of aryl methyl sites for hydroxylation is 2. The molecule has 2 aromatic heterocycles. The van der Waals surface area contributed by atoms with Crippen LogP contribution in [0.2, 0.25) is 0 Å². The molecule has 2 N–H and O–H groups in total. The van der Waals surface area contributed by atoms with Crippen molar-refractivity contribution in [2.45, 2.75) is 57.4 Å². The summed E-state index contributed by atoms with van der Waals surface area (Å²) in [6, 6.07) is 3.73. The summed E-state index contributed by atoms with van der Waals surface area (Å²) in [5.74, 6) is -0.0937. The first-order valence-corrected chi connectivity index (χ1v) is 13.0. The molecule has 1 aliphatic heterocycles. The number of hydrogen-bond acceptors (Lipinski definition) is 7. The molecule has 2 atom stereocenters. The first kappa shape index (κ1) is 18.9. The van der Waals surface area contributed by atoms with Crippen molar-refractivity contribution in [3.8, 4) is 17.1 Å². The molecule has 1 saturated heterocycles. The molecule has 0 spiro atoms. The van der Waals surface area contributed by atoms with E-state index in [1.807, 2.05) is 20.8 Å². The van der Waals surface area contributed by atoms with E-state index < -0.39 is 23.4 Å². The zero-order valence-corrected chi connectivity index (χ0v) is 21.2. The van der Waals surface area contributed by atoms with E-state index in [1.54, 1.807) is 11.7 Å². The first-order chi connectivity index (χ1) is 18.0. The van der Waals surface area contributed by atoms with Crippen molar-refractivity contribution in [1.82, 2.24) is 29.4 Å². The number of H-pyrrole nitrogens is 1. The van der Waals surface area contributed by atoms with Gasteiger partial charge < -0.3 is 15.0 Å². The maximum atomic E-state index is 13.7. The Bertz CT molecular complexity index is 1540. The highest BCUT2D eigenvalue weighted by Gasteiger charge is 2.32. The zero-order valence-electron chi connectivity index (χ0n) is 24.5. The molecule has 0 amide bonds. The van der Waals surface area contributed by atoms with Crippen LogP contribution in [0.1, 0.15) is 46.6 Å². The Morgan fingerprint density at radius 3 is 2.74 bits per heavy atom. The Balaban J connectivity index is 1.92. The van der Waals surface area contributed by atoms with Crippen LogP contribution in [0.4, 0.5) is 0 Å². The highest BCUT2D eigenvalue weighted by Crippen LogP contribution is 2.33. The zero-order chi connectivity index (χ0) is 28.9. The number of aromatic nitrogens is 4. The maximum Gasteiger partial charge on any atom is 0.243 e. The number of rotatable bonds is 7. The molecule has 0 unspecified atom stereocenters. The van der Waals surface area contributed by atoms with Crippen LogP contribution in [-0.4, -0.2) is 64.2 Å². The van der Waals surface area contributed by atoms with Gasteiger partial charge >= 0.3 is 0 Å². The number of nitrogens with zero attached hydrogens (tertiary/aromatic N) is 4. The van der Waals surface area contributed by atoms with Gasteiger partial charge in [0.2, 0.25) is 10.0 Å². The minimum absolute atomic E-state index is 0.0553. The van der Waals surface area contributed by atoms with Gasteiger partial charge in [0.15, 0.2) is 4.64 Å². The molecule has 9 nitrogen and oxygen atoms in total. The molecule has 34 heavy (non-hydrogen) atoms. The van der Waals surface area contributed by atoms with Crippen molar-refractivity contribution in [1.29, 1.82) is 0 Å². The average molecular weight is 510 g/mol. The largest absolute Gasteiger partial charge is 0.493 e.